The zero-order chi connectivity index (χ0) is 14.8. The quantitative estimate of drug-likeness (QED) is 0.763. The Morgan fingerprint density at radius 3 is 2.29 bits per heavy atom. The molecule has 0 aliphatic rings. The summed E-state index contributed by atoms with van der Waals surface area (Å²) in [6.07, 6.45) is 0. The van der Waals surface area contributed by atoms with Crippen molar-refractivity contribution in [2.45, 2.75) is 13.8 Å². The average molecular weight is 279 g/mol. The molecule has 106 valence electrons. The van der Waals surface area contributed by atoms with Crippen molar-refractivity contribution in [2.24, 2.45) is 0 Å². The second-order valence-corrected chi connectivity index (χ2v) is 5.04. The third-order valence-corrected chi connectivity index (χ3v) is 3.41. The summed E-state index contributed by atoms with van der Waals surface area (Å²) in [6, 6.07) is 17.7. The number of anilines is 2. The molecule has 0 amide bonds. The van der Waals surface area contributed by atoms with Crippen LogP contribution in [0.1, 0.15) is 11.1 Å². The number of nitrogens with one attached hydrogen (secondary N) is 1. The Hall–Kier alpha value is -2.75. The molecule has 0 bridgehead atoms. The van der Waals surface area contributed by atoms with Crippen molar-refractivity contribution in [3.63, 3.8) is 0 Å². The minimum atomic E-state index is 0.150. The molecule has 0 atom stereocenters. The molecule has 0 aliphatic heterocycles. The van der Waals surface area contributed by atoms with Crippen molar-refractivity contribution in [3.05, 3.63) is 65.7 Å². The van der Waals surface area contributed by atoms with Crippen LogP contribution in [0.2, 0.25) is 0 Å². The molecule has 0 saturated heterocycles. The molecule has 0 fully saturated rings. The van der Waals surface area contributed by atoms with Crippen LogP contribution in [0, 0.1) is 13.8 Å². The number of nitrogens with zero attached hydrogens (tertiary/aromatic N) is 2. The van der Waals surface area contributed by atoms with Gasteiger partial charge in [0.25, 0.3) is 0 Å². The van der Waals surface area contributed by atoms with Gasteiger partial charge in [-0.3, -0.25) is 0 Å². The van der Waals surface area contributed by atoms with Gasteiger partial charge in [0, 0.05) is 5.69 Å². The van der Waals surface area contributed by atoms with E-state index in [4.69, 9.17) is 0 Å². The van der Waals surface area contributed by atoms with Gasteiger partial charge in [0.1, 0.15) is 0 Å². The van der Waals surface area contributed by atoms with E-state index in [2.05, 4.69) is 10.4 Å². The van der Waals surface area contributed by atoms with Gasteiger partial charge in [0.15, 0.2) is 5.82 Å². The van der Waals surface area contributed by atoms with Crippen LogP contribution in [-0.4, -0.2) is 14.9 Å². The number of rotatable bonds is 3. The Morgan fingerprint density at radius 2 is 1.62 bits per heavy atom. The number of aryl methyl sites for hydroxylation is 1. The molecule has 0 aliphatic carbocycles. The van der Waals surface area contributed by atoms with Gasteiger partial charge in [-0.25, -0.2) is 0 Å². The molecule has 0 spiro atoms. The first-order valence-electron chi connectivity index (χ1n) is 6.83. The molecule has 21 heavy (non-hydrogen) atoms. The zero-order valence-electron chi connectivity index (χ0n) is 12.0. The third kappa shape index (κ3) is 2.60. The van der Waals surface area contributed by atoms with Crippen molar-refractivity contribution in [3.8, 4) is 11.6 Å². The lowest BCUT2D eigenvalue weighted by Crippen LogP contribution is -1.97. The summed E-state index contributed by atoms with van der Waals surface area (Å²) in [5.41, 5.74) is 3.67. The maximum Gasteiger partial charge on any atom is 0.219 e. The summed E-state index contributed by atoms with van der Waals surface area (Å²) in [5, 5.41) is 18.0. The Balaban J connectivity index is 1.97. The summed E-state index contributed by atoms with van der Waals surface area (Å²) >= 11 is 0. The number of hydrogen-bond acceptors (Lipinski definition) is 3. The second kappa shape index (κ2) is 5.32. The van der Waals surface area contributed by atoms with E-state index in [-0.39, 0.29) is 5.88 Å². The minimum Gasteiger partial charge on any atom is -0.493 e. The van der Waals surface area contributed by atoms with Crippen LogP contribution in [0.15, 0.2) is 54.6 Å². The van der Waals surface area contributed by atoms with E-state index in [0.717, 1.165) is 16.9 Å². The van der Waals surface area contributed by atoms with Gasteiger partial charge in [0.05, 0.1) is 11.3 Å². The van der Waals surface area contributed by atoms with Gasteiger partial charge in [-0.2, -0.15) is 4.68 Å². The largest absolute Gasteiger partial charge is 0.493 e. The van der Waals surface area contributed by atoms with Crippen molar-refractivity contribution in [1.82, 2.24) is 9.78 Å². The van der Waals surface area contributed by atoms with Crippen molar-refractivity contribution in [2.75, 3.05) is 5.32 Å². The summed E-state index contributed by atoms with van der Waals surface area (Å²) in [5.74, 6) is 0.802. The summed E-state index contributed by atoms with van der Waals surface area (Å²) in [4.78, 5) is 0. The third-order valence-electron chi connectivity index (χ3n) is 3.41. The number of para-hydroxylation sites is 1. The molecule has 1 aromatic heterocycles. The van der Waals surface area contributed by atoms with E-state index in [1.54, 1.807) is 4.68 Å². The SMILES string of the molecule is Cc1ccc(-n2nc(Nc3ccccc3)c(C)c2O)cc1. The minimum absolute atomic E-state index is 0.150. The van der Waals surface area contributed by atoms with E-state index in [9.17, 15) is 5.11 Å². The van der Waals surface area contributed by atoms with Crippen molar-refractivity contribution in [1.29, 1.82) is 0 Å². The maximum atomic E-state index is 10.3. The number of benzene rings is 2. The fourth-order valence-electron chi connectivity index (χ4n) is 2.13. The van der Waals surface area contributed by atoms with Gasteiger partial charge in [-0.05, 0) is 38.1 Å². The summed E-state index contributed by atoms with van der Waals surface area (Å²) < 4.78 is 1.54. The highest BCUT2D eigenvalue weighted by atomic mass is 16.3. The van der Waals surface area contributed by atoms with Crippen LogP contribution < -0.4 is 5.32 Å². The van der Waals surface area contributed by atoms with Crippen LogP contribution in [0.4, 0.5) is 11.5 Å². The van der Waals surface area contributed by atoms with E-state index in [0.29, 0.717) is 5.82 Å². The van der Waals surface area contributed by atoms with Gasteiger partial charge in [-0.1, -0.05) is 35.9 Å². The van der Waals surface area contributed by atoms with Crippen LogP contribution >= 0.6 is 0 Å². The summed E-state index contributed by atoms with van der Waals surface area (Å²) in [7, 11) is 0. The highest BCUT2D eigenvalue weighted by Gasteiger charge is 2.14. The molecule has 4 nitrogen and oxygen atoms in total. The molecule has 3 rings (SSSR count). The Morgan fingerprint density at radius 1 is 0.952 bits per heavy atom. The van der Waals surface area contributed by atoms with Crippen LogP contribution in [0.3, 0.4) is 0 Å². The Bertz CT molecular complexity index is 746. The van der Waals surface area contributed by atoms with E-state index in [1.165, 1.54) is 5.56 Å². The number of aromatic hydroxyl groups is 1. The van der Waals surface area contributed by atoms with Crippen LogP contribution in [0.25, 0.3) is 5.69 Å². The monoisotopic (exact) mass is 279 g/mol. The zero-order valence-corrected chi connectivity index (χ0v) is 12.0. The topological polar surface area (TPSA) is 50.1 Å². The average Bonchev–Trinajstić information content (AvgIpc) is 2.78. The normalized spacial score (nSPS) is 10.6. The highest BCUT2D eigenvalue weighted by molar-refractivity contribution is 5.62. The van der Waals surface area contributed by atoms with Gasteiger partial charge in [0.2, 0.25) is 5.88 Å². The Kier molecular flexibility index (Phi) is 3.36. The van der Waals surface area contributed by atoms with Crippen LogP contribution in [0.5, 0.6) is 5.88 Å². The molecule has 3 aromatic rings. The molecule has 1 heterocycles. The number of hydrogen-bond donors (Lipinski definition) is 2. The second-order valence-electron chi connectivity index (χ2n) is 5.04. The van der Waals surface area contributed by atoms with Gasteiger partial charge < -0.3 is 10.4 Å². The molecule has 0 saturated carbocycles. The fourth-order valence-corrected chi connectivity index (χ4v) is 2.13. The van der Waals surface area contributed by atoms with Gasteiger partial charge in [-0.15, -0.1) is 5.10 Å². The molecule has 4 heteroatoms. The fraction of sp³-hybridized carbons (Fsp3) is 0.118. The molecular formula is C17H17N3O. The lowest BCUT2D eigenvalue weighted by Gasteiger charge is -2.03. The predicted molar refractivity (Wildman–Crippen MR) is 84.4 cm³/mol. The highest BCUT2D eigenvalue weighted by Crippen LogP contribution is 2.29. The molecule has 2 aromatic carbocycles. The van der Waals surface area contributed by atoms with Crippen molar-refractivity contribution >= 4 is 11.5 Å². The van der Waals surface area contributed by atoms with E-state index < -0.39 is 0 Å². The Labute approximate surface area is 123 Å². The maximum absolute atomic E-state index is 10.3. The van der Waals surface area contributed by atoms with Crippen LogP contribution in [-0.2, 0) is 0 Å². The van der Waals surface area contributed by atoms with Crippen molar-refractivity contribution < 1.29 is 5.11 Å². The number of aromatic nitrogens is 2. The molecular weight excluding hydrogens is 262 g/mol. The first kappa shape index (κ1) is 13.2. The summed E-state index contributed by atoms with van der Waals surface area (Å²) in [6.45, 7) is 3.87. The molecule has 0 unspecified atom stereocenters. The van der Waals surface area contributed by atoms with Gasteiger partial charge >= 0.3 is 0 Å². The first-order chi connectivity index (χ1) is 10.1. The lowest BCUT2D eigenvalue weighted by molar-refractivity contribution is 0.430. The first-order valence-corrected chi connectivity index (χ1v) is 6.83. The van der Waals surface area contributed by atoms with E-state index in [1.807, 2.05) is 68.4 Å². The standard InChI is InChI=1S/C17H17N3O/c1-12-8-10-15(11-9-12)20-17(21)13(2)16(19-20)18-14-6-4-3-5-7-14/h3-11,21H,1-2H3,(H,18,19). The van der Waals surface area contributed by atoms with E-state index >= 15 is 0 Å². The predicted octanol–water partition coefficient (Wildman–Crippen LogP) is 3.94. The molecule has 0 radical (unpaired) electrons. The smallest absolute Gasteiger partial charge is 0.219 e. The molecule has 2 N–H and O–H groups in total. The lowest BCUT2D eigenvalue weighted by atomic mass is 10.2.